The van der Waals surface area contributed by atoms with Crippen LogP contribution in [0.5, 0.6) is 17.2 Å². The van der Waals surface area contributed by atoms with E-state index in [1.54, 1.807) is 60.7 Å². The van der Waals surface area contributed by atoms with Crippen molar-refractivity contribution in [3.05, 3.63) is 72.3 Å². The Kier molecular flexibility index (Phi) is 8.30. The molecular formula is C29H29N3O5. The molecule has 8 heteroatoms. The summed E-state index contributed by atoms with van der Waals surface area (Å²) in [5.41, 5.74) is 1.68. The highest BCUT2D eigenvalue weighted by molar-refractivity contribution is 5.90. The fourth-order valence-electron chi connectivity index (χ4n) is 3.82. The van der Waals surface area contributed by atoms with E-state index in [1.165, 1.54) is 13.2 Å². The van der Waals surface area contributed by atoms with E-state index in [4.69, 9.17) is 9.47 Å². The van der Waals surface area contributed by atoms with Gasteiger partial charge in [0.25, 0.3) is 0 Å². The number of ether oxygens (including phenoxy) is 2. The number of rotatable bonds is 10. The Bertz CT molecular complexity index is 1390. The molecule has 0 atom stereocenters. The molecule has 3 aromatic carbocycles. The zero-order valence-electron chi connectivity index (χ0n) is 20.8. The van der Waals surface area contributed by atoms with E-state index in [9.17, 15) is 15.0 Å². The van der Waals surface area contributed by atoms with Gasteiger partial charge in [-0.05, 0) is 42.8 Å². The number of phenolic OH excluding ortho intramolecular Hbond substituents is 2. The normalized spacial score (nSPS) is 10.8. The number of nitrogens with zero attached hydrogens (tertiary/aromatic N) is 3. The first kappa shape index (κ1) is 25.6. The lowest BCUT2D eigenvalue weighted by Gasteiger charge is -2.12. The summed E-state index contributed by atoms with van der Waals surface area (Å²) < 4.78 is 10.6. The molecular weight excluding hydrogens is 470 g/mol. The Morgan fingerprint density at radius 3 is 2.22 bits per heavy atom. The van der Waals surface area contributed by atoms with E-state index < -0.39 is 5.97 Å². The number of aromatic nitrogens is 3. The van der Waals surface area contributed by atoms with Crippen LogP contribution in [0.2, 0.25) is 0 Å². The van der Waals surface area contributed by atoms with Crippen LogP contribution in [0.15, 0.2) is 66.7 Å². The van der Waals surface area contributed by atoms with Gasteiger partial charge >= 0.3 is 5.97 Å². The first-order valence-electron chi connectivity index (χ1n) is 12.2. The Balaban J connectivity index is 1.74. The second kappa shape index (κ2) is 12.0. The van der Waals surface area contributed by atoms with Gasteiger partial charge in [0.15, 0.2) is 17.5 Å². The molecule has 37 heavy (non-hydrogen) atoms. The highest BCUT2D eigenvalue weighted by Gasteiger charge is 2.17. The molecule has 0 fully saturated rings. The van der Waals surface area contributed by atoms with Gasteiger partial charge in [0.05, 0.1) is 30.4 Å². The molecule has 0 spiro atoms. The van der Waals surface area contributed by atoms with Gasteiger partial charge in [-0.2, -0.15) is 0 Å². The van der Waals surface area contributed by atoms with Gasteiger partial charge in [-0.3, -0.25) is 0 Å². The van der Waals surface area contributed by atoms with Crippen LogP contribution in [0.1, 0.15) is 43.0 Å². The minimum atomic E-state index is -0.486. The van der Waals surface area contributed by atoms with Gasteiger partial charge in [0, 0.05) is 11.6 Å². The molecule has 0 aliphatic carbocycles. The summed E-state index contributed by atoms with van der Waals surface area (Å²) in [7, 11) is 1.31. The van der Waals surface area contributed by atoms with E-state index in [0.717, 1.165) is 25.7 Å². The van der Waals surface area contributed by atoms with E-state index in [2.05, 4.69) is 21.9 Å². The monoisotopic (exact) mass is 499 g/mol. The Morgan fingerprint density at radius 2 is 1.51 bits per heavy atom. The van der Waals surface area contributed by atoms with Crippen molar-refractivity contribution >= 4 is 5.97 Å². The highest BCUT2D eigenvalue weighted by Crippen LogP contribution is 2.34. The molecule has 0 amide bonds. The quantitative estimate of drug-likeness (QED) is 0.201. The number of hydrogen-bond acceptors (Lipinski definition) is 8. The maximum absolute atomic E-state index is 12.1. The number of carbonyl (C=O) groups is 1. The lowest BCUT2D eigenvalue weighted by molar-refractivity contribution is 0.0600. The zero-order chi connectivity index (χ0) is 26.2. The van der Waals surface area contributed by atoms with Gasteiger partial charge in [-0.15, -0.1) is 0 Å². The zero-order valence-corrected chi connectivity index (χ0v) is 20.8. The van der Waals surface area contributed by atoms with Gasteiger partial charge < -0.3 is 19.7 Å². The van der Waals surface area contributed by atoms with Crippen molar-refractivity contribution in [2.45, 2.75) is 32.6 Å². The summed E-state index contributed by atoms with van der Waals surface area (Å²) in [4.78, 5) is 25.8. The van der Waals surface area contributed by atoms with Gasteiger partial charge in [-0.25, -0.2) is 19.7 Å². The second-order valence-corrected chi connectivity index (χ2v) is 8.48. The van der Waals surface area contributed by atoms with Crippen molar-refractivity contribution in [1.82, 2.24) is 15.0 Å². The third-order valence-corrected chi connectivity index (χ3v) is 5.80. The van der Waals surface area contributed by atoms with E-state index >= 15 is 0 Å². The largest absolute Gasteiger partial charge is 0.507 e. The van der Waals surface area contributed by atoms with Crippen LogP contribution in [0, 0.1) is 0 Å². The van der Waals surface area contributed by atoms with Crippen LogP contribution in [0.4, 0.5) is 0 Å². The number of phenols is 2. The summed E-state index contributed by atoms with van der Waals surface area (Å²) >= 11 is 0. The van der Waals surface area contributed by atoms with Crippen molar-refractivity contribution in [2.24, 2.45) is 0 Å². The van der Waals surface area contributed by atoms with Crippen molar-refractivity contribution in [3.63, 3.8) is 0 Å². The van der Waals surface area contributed by atoms with Crippen LogP contribution in [0.3, 0.4) is 0 Å². The molecule has 1 heterocycles. The maximum Gasteiger partial charge on any atom is 0.337 e. The topological polar surface area (TPSA) is 115 Å². The Labute approximate surface area is 215 Å². The molecule has 190 valence electrons. The minimum absolute atomic E-state index is 0.00459. The Morgan fingerprint density at radius 1 is 0.784 bits per heavy atom. The Hall–Kier alpha value is -4.46. The number of methoxy groups -OCH3 is 1. The summed E-state index contributed by atoms with van der Waals surface area (Å²) in [5.74, 6) is 0.721. The number of unbranched alkanes of at least 4 members (excludes halogenated alkanes) is 3. The number of hydrogen-bond donors (Lipinski definition) is 2. The average molecular weight is 500 g/mol. The fraction of sp³-hybridized carbons (Fsp3) is 0.241. The molecule has 0 unspecified atom stereocenters. The summed E-state index contributed by atoms with van der Waals surface area (Å²) in [6.07, 6.45) is 4.36. The van der Waals surface area contributed by atoms with Crippen LogP contribution in [-0.2, 0) is 4.74 Å². The SMILES string of the molecule is CCCCCCOc1ccc(-c2nc(-c3cccc(C(=O)OC)c3)nc(-c3ccccc3O)n2)c(O)c1. The fourth-order valence-corrected chi connectivity index (χ4v) is 3.82. The number of para-hydroxylation sites is 1. The van der Waals surface area contributed by atoms with Crippen LogP contribution in [0.25, 0.3) is 34.2 Å². The first-order chi connectivity index (χ1) is 18.0. The molecule has 0 aliphatic heterocycles. The van der Waals surface area contributed by atoms with Crippen LogP contribution >= 0.6 is 0 Å². The minimum Gasteiger partial charge on any atom is -0.507 e. The van der Waals surface area contributed by atoms with E-state index in [0.29, 0.717) is 34.6 Å². The smallest absolute Gasteiger partial charge is 0.337 e. The van der Waals surface area contributed by atoms with Crippen molar-refractivity contribution in [3.8, 4) is 51.4 Å². The predicted octanol–water partition coefficient (Wildman–Crippen LogP) is 6.03. The molecule has 2 N–H and O–H groups in total. The lowest BCUT2D eigenvalue weighted by Crippen LogP contribution is -2.03. The molecule has 0 saturated carbocycles. The van der Waals surface area contributed by atoms with Crippen molar-refractivity contribution < 1.29 is 24.5 Å². The van der Waals surface area contributed by atoms with Gasteiger partial charge in [-0.1, -0.05) is 50.5 Å². The standard InChI is InChI=1S/C29H29N3O5/c1-3-4-5-8-16-37-21-14-15-23(25(34)18-21)28-31-26(19-10-9-11-20(17-19)29(35)36-2)30-27(32-28)22-12-6-7-13-24(22)33/h6-7,9-15,17-18,33-34H,3-5,8,16H2,1-2H3. The number of benzene rings is 3. The first-order valence-corrected chi connectivity index (χ1v) is 12.2. The molecule has 1 aromatic heterocycles. The third kappa shape index (κ3) is 6.22. The highest BCUT2D eigenvalue weighted by atomic mass is 16.5. The molecule has 0 aliphatic rings. The van der Waals surface area contributed by atoms with Crippen LogP contribution in [-0.4, -0.2) is 44.9 Å². The van der Waals surface area contributed by atoms with Crippen molar-refractivity contribution in [2.75, 3.05) is 13.7 Å². The number of aromatic hydroxyl groups is 2. The molecule has 0 radical (unpaired) electrons. The molecule has 8 nitrogen and oxygen atoms in total. The maximum atomic E-state index is 12.1. The molecule has 4 aromatic rings. The second-order valence-electron chi connectivity index (χ2n) is 8.48. The molecule has 0 saturated heterocycles. The predicted molar refractivity (Wildman–Crippen MR) is 140 cm³/mol. The van der Waals surface area contributed by atoms with E-state index in [1.807, 2.05) is 0 Å². The average Bonchev–Trinajstić information content (AvgIpc) is 2.92. The molecule has 4 rings (SSSR count). The summed E-state index contributed by atoms with van der Waals surface area (Å²) in [6.45, 7) is 2.73. The van der Waals surface area contributed by atoms with Gasteiger partial charge in [0.2, 0.25) is 0 Å². The third-order valence-electron chi connectivity index (χ3n) is 5.80. The lowest BCUT2D eigenvalue weighted by atomic mass is 10.1. The van der Waals surface area contributed by atoms with E-state index in [-0.39, 0.29) is 29.0 Å². The van der Waals surface area contributed by atoms with Gasteiger partial charge in [0.1, 0.15) is 17.2 Å². The van der Waals surface area contributed by atoms with Crippen molar-refractivity contribution in [1.29, 1.82) is 0 Å². The number of carbonyl (C=O) groups excluding carboxylic acids is 1. The summed E-state index contributed by atoms with van der Waals surface area (Å²) in [5, 5.41) is 21.3. The number of esters is 1. The van der Waals surface area contributed by atoms with Crippen LogP contribution < -0.4 is 4.74 Å². The summed E-state index contributed by atoms with van der Waals surface area (Å²) in [6, 6.07) is 18.4. The molecule has 0 bridgehead atoms.